The van der Waals surface area contributed by atoms with E-state index in [1.165, 1.54) is 5.56 Å². The fourth-order valence-electron chi connectivity index (χ4n) is 1.80. The predicted molar refractivity (Wildman–Crippen MR) is 74.6 cm³/mol. The summed E-state index contributed by atoms with van der Waals surface area (Å²) in [6, 6.07) is 8.66. The maximum atomic E-state index is 9.10. The van der Waals surface area contributed by atoms with Gasteiger partial charge in [-0.2, -0.15) is 0 Å². The number of rotatable bonds is 3. The number of benzene rings is 1. The van der Waals surface area contributed by atoms with Gasteiger partial charge in [0.25, 0.3) is 0 Å². The topological polar surface area (TPSA) is 105 Å². The Morgan fingerprint density at radius 3 is 2.33 bits per heavy atom. The lowest BCUT2D eigenvalue weighted by atomic mass is 10.1. The SMILES string of the molecule is COc1ccc(C[C@H]2COCCN2)cc1.O=C(O)C(=O)O. The van der Waals surface area contributed by atoms with Gasteiger partial charge in [-0.3, -0.25) is 0 Å². The third-order valence-corrected chi connectivity index (χ3v) is 2.82. The van der Waals surface area contributed by atoms with Crippen molar-refractivity contribution >= 4 is 11.9 Å². The van der Waals surface area contributed by atoms with Crippen LogP contribution in [0.4, 0.5) is 0 Å². The Morgan fingerprint density at radius 2 is 1.90 bits per heavy atom. The molecule has 0 amide bonds. The summed E-state index contributed by atoms with van der Waals surface area (Å²) in [7, 11) is 1.69. The molecule has 116 valence electrons. The van der Waals surface area contributed by atoms with Gasteiger partial charge in [0, 0.05) is 12.6 Å². The number of carboxylic acids is 2. The van der Waals surface area contributed by atoms with E-state index in [1.807, 2.05) is 12.1 Å². The van der Waals surface area contributed by atoms with Crippen molar-refractivity contribution in [2.75, 3.05) is 26.9 Å². The van der Waals surface area contributed by atoms with E-state index in [1.54, 1.807) is 7.11 Å². The third kappa shape index (κ3) is 6.73. The Morgan fingerprint density at radius 1 is 1.29 bits per heavy atom. The first-order valence-electron chi connectivity index (χ1n) is 6.43. The van der Waals surface area contributed by atoms with Gasteiger partial charge < -0.3 is 25.0 Å². The minimum Gasteiger partial charge on any atom is -0.497 e. The molecule has 0 bridgehead atoms. The second kappa shape index (κ2) is 8.93. The number of carbonyl (C=O) groups is 2. The number of methoxy groups -OCH3 is 1. The average molecular weight is 297 g/mol. The number of hydrogen-bond acceptors (Lipinski definition) is 5. The maximum Gasteiger partial charge on any atom is 0.414 e. The number of morpholine rings is 1. The Kier molecular flexibility index (Phi) is 7.20. The zero-order valence-electron chi connectivity index (χ0n) is 11.7. The van der Waals surface area contributed by atoms with Crippen molar-refractivity contribution < 1.29 is 29.3 Å². The molecule has 0 aromatic heterocycles. The third-order valence-electron chi connectivity index (χ3n) is 2.82. The second-order valence-corrected chi connectivity index (χ2v) is 4.39. The van der Waals surface area contributed by atoms with Gasteiger partial charge in [0.15, 0.2) is 0 Å². The standard InChI is InChI=1S/C12H17NO2.C2H2O4/c1-14-12-4-2-10(3-5-12)8-11-9-15-7-6-13-11;3-1(4)2(5)6/h2-5,11,13H,6-9H2,1H3;(H,3,4)(H,5,6)/t11-;/m0./s1. The van der Waals surface area contributed by atoms with Crippen molar-refractivity contribution in [3.8, 4) is 5.75 Å². The number of nitrogens with one attached hydrogen (secondary N) is 1. The summed E-state index contributed by atoms with van der Waals surface area (Å²) in [6.07, 6.45) is 1.02. The second-order valence-electron chi connectivity index (χ2n) is 4.39. The van der Waals surface area contributed by atoms with E-state index in [2.05, 4.69) is 17.4 Å². The molecule has 1 aromatic carbocycles. The summed E-state index contributed by atoms with van der Waals surface area (Å²) in [5, 5.41) is 18.2. The molecule has 0 spiro atoms. The zero-order chi connectivity index (χ0) is 15.7. The number of hydrogen-bond donors (Lipinski definition) is 3. The van der Waals surface area contributed by atoms with Gasteiger partial charge in [0.2, 0.25) is 0 Å². The molecule has 1 aromatic rings. The predicted octanol–water partition coefficient (Wildman–Crippen LogP) is 0.382. The first-order valence-corrected chi connectivity index (χ1v) is 6.43. The Hall–Kier alpha value is -2.12. The molecule has 7 nitrogen and oxygen atoms in total. The smallest absolute Gasteiger partial charge is 0.414 e. The Labute approximate surface area is 122 Å². The number of aliphatic carboxylic acids is 2. The van der Waals surface area contributed by atoms with Crippen LogP contribution >= 0.6 is 0 Å². The molecule has 1 heterocycles. The highest BCUT2D eigenvalue weighted by atomic mass is 16.5. The first-order chi connectivity index (χ1) is 10.0. The molecule has 0 unspecified atom stereocenters. The monoisotopic (exact) mass is 297 g/mol. The van der Waals surface area contributed by atoms with Crippen molar-refractivity contribution in [1.29, 1.82) is 0 Å². The van der Waals surface area contributed by atoms with Gasteiger partial charge in [-0.05, 0) is 24.1 Å². The summed E-state index contributed by atoms with van der Waals surface area (Å²) >= 11 is 0. The summed E-state index contributed by atoms with van der Waals surface area (Å²) in [5.74, 6) is -2.74. The highest BCUT2D eigenvalue weighted by Crippen LogP contribution is 2.13. The molecule has 1 atom stereocenters. The van der Waals surface area contributed by atoms with Crippen LogP contribution in [0.2, 0.25) is 0 Å². The molecular formula is C14H19NO6. The summed E-state index contributed by atoms with van der Waals surface area (Å²) < 4.78 is 10.5. The van der Waals surface area contributed by atoms with Crippen LogP contribution in [0.15, 0.2) is 24.3 Å². The van der Waals surface area contributed by atoms with Gasteiger partial charge in [-0.1, -0.05) is 12.1 Å². The van der Waals surface area contributed by atoms with Gasteiger partial charge >= 0.3 is 11.9 Å². The lowest BCUT2D eigenvalue weighted by molar-refractivity contribution is -0.159. The molecule has 0 saturated carbocycles. The normalized spacial score (nSPS) is 17.3. The van der Waals surface area contributed by atoms with E-state index in [0.717, 1.165) is 31.9 Å². The van der Waals surface area contributed by atoms with E-state index in [9.17, 15) is 0 Å². The van der Waals surface area contributed by atoms with Crippen LogP contribution in [-0.2, 0) is 20.7 Å². The highest BCUT2D eigenvalue weighted by molar-refractivity contribution is 6.27. The summed E-state index contributed by atoms with van der Waals surface area (Å²) in [4.78, 5) is 18.2. The fraction of sp³-hybridized carbons (Fsp3) is 0.429. The van der Waals surface area contributed by atoms with Crippen molar-refractivity contribution in [1.82, 2.24) is 5.32 Å². The van der Waals surface area contributed by atoms with Crippen LogP contribution in [-0.4, -0.2) is 55.1 Å². The molecular weight excluding hydrogens is 278 g/mol. The minimum atomic E-state index is -1.82. The van der Waals surface area contributed by atoms with Crippen LogP contribution in [0.1, 0.15) is 5.56 Å². The van der Waals surface area contributed by atoms with Gasteiger partial charge in [0.1, 0.15) is 5.75 Å². The average Bonchev–Trinajstić information content (AvgIpc) is 2.49. The van der Waals surface area contributed by atoms with Gasteiger partial charge in [0.05, 0.1) is 20.3 Å². The molecule has 0 radical (unpaired) electrons. The van der Waals surface area contributed by atoms with Crippen LogP contribution in [0, 0.1) is 0 Å². The van der Waals surface area contributed by atoms with E-state index in [-0.39, 0.29) is 0 Å². The molecule has 1 fully saturated rings. The van der Waals surface area contributed by atoms with Crippen LogP contribution in [0.25, 0.3) is 0 Å². The van der Waals surface area contributed by atoms with Crippen LogP contribution in [0.5, 0.6) is 5.75 Å². The lowest BCUT2D eigenvalue weighted by Crippen LogP contribution is -2.42. The minimum absolute atomic E-state index is 0.451. The summed E-state index contributed by atoms with van der Waals surface area (Å²) in [6.45, 7) is 2.60. The molecule has 7 heteroatoms. The van der Waals surface area contributed by atoms with Gasteiger partial charge in [-0.15, -0.1) is 0 Å². The molecule has 3 N–H and O–H groups in total. The quantitative estimate of drug-likeness (QED) is 0.693. The Bertz CT molecular complexity index is 441. The summed E-state index contributed by atoms with van der Waals surface area (Å²) in [5.41, 5.74) is 1.32. The Balaban J connectivity index is 0.000000315. The van der Waals surface area contributed by atoms with Crippen LogP contribution < -0.4 is 10.1 Å². The van der Waals surface area contributed by atoms with Gasteiger partial charge in [-0.25, -0.2) is 9.59 Å². The molecule has 21 heavy (non-hydrogen) atoms. The van der Waals surface area contributed by atoms with Crippen molar-refractivity contribution in [3.63, 3.8) is 0 Å². The van der Waals surface area contributed by atoms with E-state index in [4.69, 9.17) is 29.3 Å². The van der Waals surface area contributed by atoms with E-state index in [0.29, 0.717) is 6.04 Å². The largest absolute Gasteiger partial charge is 0.497 e. The van der Waals surface area contributed by atoms with Crippen molar-refractivity contribution in [2.24, 2.45) is 0 Å². The molecule has 1 aliphatic heterocycles. The number of carboxylic acid groups (broad SMARTS) is 2. The number of ether oxygens (including phenoxy) is 2. The van der Waals surface area contributed by atoms with Crippen molar-refractivity contribution in [2.45, 2.75) is 12.5 Å². The zero-order valence-corrected chi connectivity index (χ0v) is 11.7. The molecule has 2 rings (SSSR count). The highest BCUT2D eigenvalue weighted by Gasteiger charge is 2.13. The lowest BCUT2D eigenvalue weighted by Gasteiger charge is -2.23. The first kappa shape index (κ1) is 16.9. The van der Waals surface area contributed by atoms with Crippen LogP contribution in [0.3, 0.4) is 0 Å². The van der Waals surface area contributed by atoms with E-state index < -0.39 is 11.9 Å². The maximum absolute atomic E-state index is 9.10. The molecule has 1 aliphatic rings. The van der Waals surface area contributed by atoms with Crippen molar-refractivity contribution in [3.05, 3.63) is 29.8 Å². The fourth-order valence-corrected chi connectivity index (χ4v) is 1.80. The van der Waals surface area contributed by atoms with E-state index >= 15 is 0 Å². The molecule has 0 aliphatic carbocycles. The molecule has 1 saturated heterocycles.